The summed E-state index contributed by atoms with van der Waals surface area (Å²) >= 11 is 1.63. The van der Waals surface area contributed by atoms with Gasteiger partial charge in [0.15, 0.2) is 0 Å². The predicted octanol–water partition coefficient (Wildman–Crippen LogP) is 0.587. The Morgan fingerprint density at radius 1 is 1.75 bits per heavy atom. The molecule has 1 aliphatic heterocycles. The van der Waals surface area contributed by atoms with Crippen LogP contribution >= 0.6 is 11.8 Å². The lowest BCUT2D eigenvalue weighted by atomic mass is 10.0. The van der Waals surface area contributed by atoms with Crippen molar-refractivity contribution in [3.63, 3.8) is 0 Å². The van der Waals surface area contributed by atoms with Gasteiger partial charge in [0.1, 0.15) is 5.78 Å². The smallest absolute Gasteiger partial charge is 0.222 e. The van der Waals surface area contributed by atoms with Crippen molar-refractivity contribution in [2.75, 3.05) is 11.5 Å². The lowest BCUT2D eigenvalue weighted by molar-refractivity contribution is -0.129. The Kier molecular flexibility index (Phi) is 3.59. The Bertz CT molecular complexity index is 185. The summed E-state index contributed by atoms with van der Waals surface area (Å²) in [4.78, 5) is 21.6. The average molecular weight is 187 g/mol. The second-order valence-corrected chi connectivity index (χ2v) is 4.12. The van der Waals surface area contributed by atoms with E-state index in [-0.39, 0.29) is 17.7 Å². The molecular weight excluding hydrogens is 174 g/mol. The fourth-order valence-electron chi connectivity index (χ4n) is 1.10. The molecule has 68 valence electrons. The van der Waals surface area contributed by atoms with Crippen LogP contribution in [0.3, 0.4) is 0 Å². The van der Waals surface area contributed by atoms with E-state index < -0.39 is 0 Å². The third kappa shape index (κ3) is 2.85. The number of carbonyl (C=O) groups is 2. The van der Waals surface area contributed by atoms with Gasteiger partial charge in [-0.1, -0.05) is 6.92 Å². The van der Waals surface area contributed by atoms with Crippen molar-refractivity contribution >= 4 is 23.5 Å². The topological polar surface area (TPSA) is 46.2 Å². The Morgan fingerprint density at radius 2 is 2.42 bits per heavy atom. The molecule has 1 unspecified atom stereocenters. The molecule has 0 bridgehead atoms. The van der Waals surface area contributed by atoms with E-state index >= 15 is 0 Å². The molecule has 0 aliphatic carbocycles. The molecule has 0 aromatic rings. The molecule has 12 heavy (non-hydrogen) atoms. The van der Waals surface area contributed by atoms with Crippen LogP contribution in [0.1, 0.15) is 19.8 Å². The maximum Gasteiger partial charge on any atom is 0.222 e. The predicted molar refractivity (Wildman–Crippen MR) is 49.2 cm³/mol. The van der Waals surface area contributed by atoms with Crippen LogP contribution in [0.25, 0.3) is 0 Å². The summed E-state index contributed by atoms with van der Waals surface area (Å²) in [7, 11) is 0. The molecule has 0 aromatic carbocycles. The third-order valence-corrected chi connectivity index (χ3v) is 2.67. The lowest BCUT2D eigenvalue weighted by Crippen LogP contribution is -2.49. The zero-order valence-electron chi connectivity index (χ0n) is 7.13. The number of thioether (sulfide) groups is 1. The van der Waals surface area contributed by atoms with Crippen molar-refractivity contribution in [1.82, 2.24) is 5.32 Å². The van der Waals surface area contributed by atoms with Gasteiger partial charge in [-0.15, -0.1) is 0 Å². The molecule has 4 heteroatoms. The first kappa shape index (κ1) is 9.58. The van der Waals surface area contributed by atoms with Gasteiger partial charge in [0.25, 0.3) is 0 Å². The molecule has 1 fully saturated rings. The van der Waals surface area contributed by atoms with Crippen LogP contribution in [-0.4, -0.2) is 29.2 Å². The number of carbonyl (C=O) groups excluding carboxylic acids is 2. The van der Waals surface area contributed by atoms with Crippen LogP contribution in [-0.2, 0) is 9.59 Å². The molecule has 1 rings (SSSR count). The van der Waals surface area contributed by atoms with Crippen molar-refractivity contribution < 1.29 is 9.59 Å². The van der Waals surface area contributed by atoms with E-state index in [1.54, 1.807) is 11.8 Å². The van der Waals surface area contributed by atoms with E-state index in [9.17, 15) is 9.59 Å². The fraction of sp³-hybridized carbons (Fsp3) is 0.750. The van der Waals surface area contributed by atoms with E-state index in [4.69, 9.17) is 0 Å². The molecule has 1 heterocycles. The summed E-state index contributed by atoms with van der Waals surface area (Å²) in [6, 6.07) is 0.127. The highest BCUT2D eigenvalue weighted by molar-refractivity contribution is 7.99. The summed E-state index contributed by atoms with van der Waals surface area (Å²) < 4.78 is 0. The van der Waals surface area contributed by atoms with Crippen molar-refractivity contribution in [2.45, 2.75) is 25.8 Å². The number of hydrogen-bond acceptors (Lipinski definition) is 3. The Labute approximate surface area is 76.3 Å². The first-order chi connectivity index (χ1) is 5.72. The maximum atomic E-state index is 11.1. The highest BCUT2D eigenvalue weighted by atomic mass is 32.2. The van der Waals surface area contributed by atoms with Crippen molar-refractivity contribution in [1.29, 1.82) is 0 Å². The molecule has 1 saturated heterocycles. The van der Waals surface area contributed by atoms with Crippen molar-refractivity contribution in [2.24, 2.45) is 0 Å². The van der Waals surface area contributed by atoms with E-state index in [1.807, 2.05) is 6.92 Å². The molecule has 1 N–H and O–H groups in total. The normalized spacial score (nSPS) is 21.4. The van der Waals surface area contributed by atoms with Crippen LogP contribution in [0, 0.1) is 0 Å². The Hall–Kier alpha value is -0.510. The van der Waals surface area contributed by atoms with E-state index in [0.29, 0.717) is 18.6 Å². The highest BCUT2D eigenvalue weighted by Gasteiger charge is 2.26. The molecule has 0 spiro atoms. The molecule has 1 atom stereocenters. The van der Waals surface area contributed by atoms with Crippen LogP contribution in [0.5, 0.6) is 0 Å². The van der Waals surface area contributed by atoms with Gasteiger partial charge in [-0.2, -0.15) is 11.8 Å². The number of Topliss-reactive ketones (excluding diaryl/α,β-unsaturated/α-hetero) is 1. The SMILES string of the molecule is CCSCC(=O)CC1CC(=O)N1. The molecule has 0 aromatic heterocycles. The van der Waals surface area contributed by atoms with Gasteiger partial charge in [-0.05, 0) is 5.75 Å². The number of hydrogen-bond donors (Lipinski definition) is 1. The second kappa shape index (κ2) is 4.50. The van der Waals surface area contributed by atoms with Gasteiger partial charge in [0, 0.05) is 18.9 Å². The summed E-state index contributed by atoms with van der Waals surface area (Å²) in [5.74, 6) is 1.87. The van der Waals surface area contributed by atoms with Crippen molar-refractivity contribution in [3.05, 3.63) is 0 Å². The maximum absolute atomic E-state index is 11.1. The molecule has 0 saturated carbocycles. The molecule has 3 nitrogen and oxygen atoms in total. The van der Waals surface area contributed by atoms with Crippen LogP contribution in [0.15, 0.2) is 0 Å². The van der Waals surface area contributed by atoms with Gasteiger partial charge in [0.2, 0.25) is 5.91 Å². The molecule has 1 aliphatic rings. The number of amides is 1. The summed E-state index contributed by atoms with van der Waals surface area (Å²) in [5.41, 5.74) is 0. The standard InChI is InChI=1S/C8H13NO2S/c1-2-12-5-7(10)3-6-4-8(11)9-6/h6H,2-5H2,1H3,(H,9,11). The van der Waals surface area contributed by atoms with E-state index in [1.165, 1.54) is 0 Å². The average Bonchev–Trinajstić information content (AvgIpc) is 1.98. The Balaban J connectivity index is 2.06. The number of ketones is 1. The van der Waals surface area contributed by atoms with Gasteiger partial charge in [-0.25, -0.2) is 0 Å². The van der Waals surface area contributed by atoms with Crippen molar-refractivity contribution in [3.8, 4) is 0 Å². The molecule has 0 radical (unpaired) electrons. The minimum Gasteiger partial charge on any atom is -0.352 e. The van der Waals surface area contributed by atoms with E-state index in [2.05, 4.69) is 5.32 Å². The van der Waals surface area contributed by atoms with Gasteiger partial charge in [0.05, 0.1) is 5.75 Å². The van der Waals surface area contributed by atoms with Crippen LogP contribution in [0.4, 0.5) is 0 Å². The van der Waals surface area contributed by atoms with Crippen LogP contribution < -0.4 is 5.32 Å². The second-order valence-electron chi connectivity index (χ2n) is 2.85. The minimum absolute atomic E-state index is 0.0657. The monoisotopic (exact) mass is 187 g/mol. The summed E-state index contributed by atoms with van der Waals surface area (Å²) in [5, 5.41) is 2.68. The number of nitrogens with one attached hydrogen (secondary N) is 1. The Morgan fingerprint density at radius 3 is 2.92 bits per heavy atom. The minimum atomic E-state index is 0.0657. The van der Waals surface area contributed by atoms with Gasteiger partial charge >= 0.3 is 0 Å². The largest absolute Gasteiger partial charge is 0.352 e. The number of β-lactam (4-membered cyclic amide) rings is 1. The zero-order valence-corrected chi connectivity index (χ0v) is 7.95. The number of rotatable bonds is 5. The molecule has 1 amide bonds. The first-order valence-electron chi connectivity index (χ1n) is 4.11. The van der Waals surface area contributed by atoms with Crippen LogP contribution in [0.2, 0.25) is 0 Å². The fourth-order valence-corrected chi connectivity index (χ4v) is 1.65. The quantitative estimate of drug-likeness (QED) is 0.641. The summed E-state index contributed by atoms with van der Waals surface area (Å²) in [6.07, 6.45) is 1.04. The zero-order chi connectivity index (χ0) is 8.97. The first-order valence-corrected chi connectivity index (χ1v) is 5.26. The third-order valence-electron chi connectivity index (χ3n) is 1.74. The summed E-state index contributed by atoms with van der Waals surface area (Å²) in [6.45, 7) is 2.03. The molecular formula is C8H13NO2S. The van der Waals surface area contributed by atoms with Gasteiger partial charge < -0.3 is 5.32 Å². The highest BCUT2D eigenvalue weighted by Crippen LogP contribution is 2.10. The lowest BCUT2D eigenvalue weighted by Gasteiger charge is -2.25. The van der Waals surface area contributed by atoms with Gasteiger partial charge in [-0.3, -0.25) is 9.59 Å². The van der Waals surface area contributed by atoms with E-state index in [0.717, 1.165) is 5.75 Å².